The molecule has 0 aliphatic heterocycles. The monoisotopic (exact) mass is 425 g/mol. The Bertz CT molecular complexity index is 855. The van der Waals surface area contributed by atoms with Gasteiger partial charge in [0.25, 0.3) is 0 Å². The third kappa shape index (κ3) is 7.08. The van der Waals surface area contributed by atoms with Crippen molar-refractivity contribution in [1.82, 2.24) is 5.32 Å². The number of hydrogen-bond donors (Lipinski definition) is 1. The highest BCUT2D eigenvalue weighted by atomic mass is 35.5. The second kappa shape index (κ2) is 12.9. The fourth-order valence-electron chi connectivity index (χ4n) is 3.47. The molecular formula is C26H32ClNO2. The van der Waals surface area contributed by atoms with Crippen molar-refractivity contribution in [3.63, 3.8) is 0 Å². The van der Waals surface area contributed by atoms with Crippen molar-refractivity contribution in [2.75, 3.05) is 13.7 Å². The van der Waals surface area contributed by atoms with Gasteiger partial charge in [0.15, 0.2) is 11.5 Å². The van der Waals surface area contributed by atoms with Gasteiger partial charge in [-0.05, 0) is 35.2 Å². The first-order valence-corrected chi connectivity index (χ1v) is 10.4. The molecule has 1 N–H and O–H groups in total. The summed E-state index contributed by atoms with van der Waals surface area (Å²) in [6.45, 7) is 3.65. The van der Waals surface area contributed by atoms with Crippen LogP contribution >= 0.6 is 12.4 Å². The van der Waals surface area contributed by atoms with Crippen LogP contribution in [0.25, 0.3) is 0 Å². The van der Waals surface area contributed by atoms with E-state index in [1.807, 2.05) is 12.1 Å². The summed E-state index contributed by atoms with van der Waals surface area (Å²) in [5, 5.41) is 3.69. The van der Waals surface area contributed by atoms with Crippen LogP contribution in [0.3, 0.4) is 0 Å². The van der Waals surface area contributed by atoms with E-state index in [0.29, 0.717) is 12.6 Å². The average molecular weight is 426 g/mol. The normalized spacial score (nSPS) is 11.4. The fourth-order valence-corrected chi connectivity index (χ4v) is 3.47. The maximum absolute atomic E-state index is 5.98. The van der Waals surface area contributed by atoms with Crippen LogP contribution in [0, 0.1) is 0 Å². The largest absolute Gasteiger partial charge is 0.493 e. The molecule has 160 valence electrons. The van der Waals surface area contributed by atoms with Gasteiger partial charge in [-0.25, -0.2) is 0 Å². The highest BCUT2D eigenvalue weighted by Gasteiger charge is 2.11. The summed E-state index contributed by atoms with van der Waals surface area (Å²) in [5.41, 5.74) is 3.80. The minimum atomic E-state index is 0. The molecule has 0 fully saturated rings. The van der Waals surface area contributed by atoms with E-state index in [0.717, 1.165) is 37.3 Å². The van der Waals surface area contributed by atoms with Gasteiger partial charge in [-0.15, -0.1) is 12.4 Å². The zero-order valence-corrected chi connectivity index (χ0v) is 18.7. The second-order valence-corrected chi connectivity index (χ2v) is 7.20. The van der Waals surface area contributed by atoms with Crippen LogP contribution in [-0.2, 0) is 13.0 Å². The molecular weight excluding hydrogens is 394 g/mol. The molecule has 0 aliphatic carbocycles. The van der Waals surface area contributed by atoms with Gasteiger partial charge in [-0.1, -0.05) is 80.1 Å². The zero-order valence-electron chi connectivity index (χ0n) is 17.8. The molecule has 0 saturated carbocycles. The van der Waals surface area contributed by atoms with E-state index >= 15 is 0 Å². The van der Waals surface area contributed by atoms with Crippen molar-refractivity contribution in [2.45, 2.75) is 38.8 Å². The third-order valence-electron chi connectivity index (χ3n) is 5.05. The van der Waals surface area contributed by atoms with Crippen molar-refractivity contribution in [1.29, 1.82) is 0 Å². The van der Waals surface area contributed by atoms with E-state index in [-0.39, 0.29) is 12.4 Å². The van der Waals surface area contributed by atoms with Gasteiger partial charge < -0.3 is 14.8 Å². The Kier molecular flexibility index (Phi) is 10.3. The Balaban J connectivity index is 0.00000320. The fraction of sp³-hybridized carbons (Fsp3) is 0.308. The lowest BCUT2D eigenvalue weighted by Gasteiger charge is -2.19. The molecule has 0 bridgehead atoms. The molecule has 0 radical (unpaired) electrons. The summed E-state index contributed by atoms with van der Waals surface area (Å²) in [5.74, 6) is 1.57. The number of nitrogens with one attached hydrogen (secondary N) is 1. The summed E-state index contributed by atoms with van der Waals surface area (Å²) < 4.78 is 11.5. The van der Waals surface area contributed by atoms with E-state index in [1.54, 1.807) is 7.11 Å². The van der Waals surface area contributed by atoms with E-state index in [4.69, 9.17) is 9.47 Å². The molecule has 3 rings (SSSR count). The Labute approximate surface area is 186 Å². The zero-order chi connectivity index (χ0) is 20.3. The van der Waals surface area contributed by atoms with Crippen LogP contribution in [0.5, 0.6) is 11.5 Å². The molecule has 0 heterocycles. The van der Waals surface area contributed by atoms with E-state index in [9.17, 15) is 0 Å². The lowest BCUT2D eigenvalue weighted by Crippen LogP contribution is -2.20. The summed E-state index contributed by atoms with van der Waals surface area (Å²) in [7, 11) is 1.69. The van der Waals surface area contributed by atoms with Gasteiger partial charge >= 0.3 is 0 Å². The second-order valence-electron chi connectivity index (χ2n) is 7.20. The number of hydrogen-bond acceptors (Lipinski definition) is 3. The van der Waals surface area contributed by atoms with Crippen molar-refractivity contribution in [3.05, 3.63) is 95.6 Å². The number of halogens is 1. The number of benzene rings is 3. The first-order valence-electron chi connectivity index (χ1n) is 10.4. The lowest BCUT2D eigenvalue weighted by molar-refractivity contribution is 0.297. The van der Waals surface area contributed by atoms with Crippen molar-refractivity contribution in [3.8, 4) is 11.5 Å². The van der Waals surface area contributed by atoms with Crippen molar-refractivity contribution < 1.29 is 9.47 Å². The average Bonchev–Trinajstić information content (AvgIpc) is 2.78. The van der Waals surface area contributed by atoms with Gasteiger partial charge in [0.2, 0.25) is 0 Å². The number of ether oxygens (including phenoxy) is 2. The third-order valence-corrected chi connectivity index (χ3v) is 5.05. The Morgan fingerprint density at radius 2 is 1.53 bits per heavy atom. The van der Waals surface area contributed by atoms with E-state index < -0.39 is 0 Å². The van der Waals surface area contributed by atoms with Gasteiger partial charge in [0, 0.05) is 19.0 Å². The molecule has 0 saturated heterocycles. The lowest BCUT2D eigenvalue weighted by atomic mass is 10.0. The van der Waals surface area contributed by atoms with Crippen molar-refractivity contribution in [2.24, 2.45) is 0 Å². The first-order chi connectivity index (χ1) is 14.3. The van der Waals surface area contributed by atoms with E-state index in [1.165, 1.54) is 16.7 Å². The summed E-state index contributed by atoms with van der Waals surface area (Å²) in [4.78, 5) is 0. The summed E-state index contributed by atoms with van der Waals surface area (Å²) in [6, 6.07) is 27.6. The van der Waals surface area contributed by atoms with Crippen LogP contribution in [0.15, 0.2) is 78.9 Å². The topological polar surface area (TPSA) is 30.5 Å². The predicted molar refractivity (Wildman–Crippen MR) is 127 cm³/mol. The van der Waals surface area contributed by atoms with Crippen LogP contribution in [0.2, 0.25) is 0 Å². The smallest absolute Gasteiger partial charge is 0.161 e. The molecule has 1 atom stereocenters. The highest BCUT2D eigenvalue weighted by molar-refractivity contribution is 5.85. The summed E-state index contributed by atoms with van der Waals surface area (Å²) in [6.07, 6.45) is 3.13. The molecule has 4 heteroatoms. The highest BCUT2D eigenvalue weighted by Crippen LogP contribution is 2.29. The van der Waals surface area contributed by atoms with Crippen LogP contribution in [0.4, 0.5) is 0 Å². The first kappa shape index (κ1) is 23.8. The molecule has 0 aromatic heterocycles. The number of rotatable bonds is 11. The molecule has 0 spiro atoms. The maximum Gasteiger partial charge on any atom is 0.161 e. The molecule has 0 amide bonds. The molecule has 3 aromatic carbocycles. The standard InChI is InChI=1S/C26H31NO2.ClH/c1-3-10-24(23-13-8-5-9-14-23)27-20-22-15-16-25(26(19-22)28-2)29-18-17-21-11-6-4-7-12-21;/h4-9,11-16,19,24,27H,3,10,17-18,20H2,1-2H3;1H. The van der Waals surface area contributed by atoms with Gasteiger partial charge in [-0.2, -0.15) is 0 Å². The SMILES string of the molecule is CCCC(NCc1ccc(OCCc2ccccc2)c(OC)c1)c1ccccc1.Cl. The molecule has 1 unspecified atom stereocenters. The maximum atomic E-state index is 5.98. The van der Waals surface area contributed by atoms with Gasteiger partial charge in [0.1, 0.15) is 0 Å². The Morgan fingerprint density at radius 1 is 0.833 bits per heavy atom. The minimum absolute atomic E-state index is 0. The van der Waals surface area contributed by atoms with Crippen molar-refractivity contribution >= 4 is 12.4 Å². The van der Waals surface area contributed by atoms with Crippen LogP contribution in [0.1, 0.15) is 42.5 Å². The number of methoxy groups -OCH3 is 1. The Hall–Kier alpha value is -2.49. The van der Waals surface area contributed by atoms with Gasteiger partial charge in [-0.3, -0.25) is 0 Å². The molecule has 0 aliphatic rings. The molecule has 3 nitrogen and oxygen atoms in total. The minimum Gasteiger partial charge on any atom is -0.493 e. The molecule has 30 heavy (non-hydrogen) atoms. The predicted octanol–water partition coefficient (Wildman–Crippen LogP) is 6.37. The van der Waals surface area contributed by atoms with E-state index in [2.05, 4.69) is 79.0 Å². The van der Waals surface area contributed by atoms with Gasteiger partial charge in [0.05, 0.1) is 13.7 Å². The quantitative estimate of drug-likeness (QED) is 0.387. The molecule has 3 aromatic rings. The Morgan fingerprint density at radius 3 is 2.20 bits per heavy atom. The summed E-state index contributed by atoms with van der Waals surface area (Å²) >= 11 is 0. The van der Waals surface area contributed by atoms with Crippen LogP contribution < -0.4 is 14.8 Å². The van der Waals surface area contributed by atoms with Crippen LogP contribution in [-0.4, -0.2) is 13.7 Å².